The molecule has 1 fully saturated rings. The fourth-order valence-electron chi connectivity index (χ4n) is 2.26. The standard InChI is InChI=1S/C15H16ClFN4O/c1-20-4-6-21(7-5-20)14-9-15(19-10-18-14)22-11-2-3-13(17)12(16)8-11/h2-3,8-10H,4-7H2,1H3. The molecular formula is C15H16ClFN4O. The number of halogens is 2. The van der Waals surface area contributed by atoms with E-state index in [4.69, 9.17) is 16.3 Å². The van der Waals surface area contributed by atoms with Crippen LogP contribution >= 0.6 is 11.6 Å². The third-order valence-electron chi connectivity index (χ3n) is 3.57. The average Bonchev–Trinajstić information content (AvgIpc) is 2.52. The van der Waals surface area contributed by atoms with Crippen molar-refractivity contribution in [3.8, 4) is 11.6 Å². The second-order valence-electron chi connectivity index (χ2n) is 5.18. The van der Waals surface area contributed by atoms with E-state index < -0.39 is 5.82 Å². The number of anilines is 1. The SMILES string of the molecule is CN1CCN(c2cc(Oc3ccc(F)c(Cl)c3)ncn2)CC1. The number of hydrogen-bond acceptors (Lipinski definition) is 5. The number of aromatic nitrogens is 2. The van der Waals surface area contributed by atoms with E-state index >= 15 is 0 Å². The number of benzene rings is 1. The minimum absolute atomic E-state index is 0.0193. The van der Waals surface area contributed by atoms with Crippen molar-refractivity contribution in [2.45, 2.75) is 0 Å². The third-order valence-corrected chi connectivity index (χ3v) is 3.86. The van der Waals surface area contributed by atoms with Crippen LogP contribution in [-0.2, 0) is 0 Å². The van der Waals surface area contributed by atoms with E-state index in [2.05, 4.69) is 26.8 Å². The Morgan fingerprint density at radius 3 is 2.64 bits per heavy atom. The van der Waals surface area contributed by atoms with Crippen molar-refractivity contribution in [1.29, 1.82) is 0 Å². The molecule has 7 heteroatoms. The molecule has 0 radical (unpaired) electrons. The molecule has 3 rings (SSSR count). The van der Waals surface area contributed by atoms with Crippen LogP contribution in [-0.4, -0.2) is 48.1 Å². The van der Waals surface area contributed by atoms with Gasteiger partial charge in [0.2, 0.25) is 5.88 Å². The molecule has 116 valence electrons. The van der Waals surface area contributed by atoms with Gasteiger partial charge in [-0.3, -0.25) is 0 Å². The third kappa shape index (κ3) is 3.45. The average molecular weight is 323 g/mol. The number of nitrogens with zero attached hydrogens (tertiary/aromatic N) is 4. The van der Waals surface area contributed by atoms with Gasteiger partial charge in [0.05, 0.1) is 5.02 Å². The highest BCUT2D eigenvalue weighted by Gasteiger charge is 2.16. The zero-order chi connectivity index (χ0) is 15.5. The molecule has 1 aliphatic heterocycles. The minimum atomic E-state index is -0.477. The first-order valence-corrected chi connectivity index (χ1v) is 7.38. The molecule has 0 atom stereocenters. The second kappa shape index (κ2) is 6.46. The van der Waals surface area contributed by atoms with E-state index in [9.17, 15) is 4.39 Å². The molecule has 1 saturated heterocycles. The van der Waals surface area contributed by atoms with Gasteiger partial charge in [0.15, 0.2) is 0 Å². The van der Waals surface area contributed by atoms with Gasteiger partial charge in [-0.25, -0.2) is 14.4 Å². The molecule has 1 aromatic heterocycles. The summed E-state index contributed by atoms with van der Waals surface area (Å²) in [4.78, 5) is 12.8. The van der Waals surface area contributed by atoms with Crippen molar-refractivity contribution in [3.05, 3.63) is 41.4 Å². The Balaban J connectivity index is 1.74. The number of ether oxygens (including phenoxy) is 1. The van der Waals surface area contributed by atoms with Crippen LogP contribution in [0.15, 0.2) is 30.6 Å². The minimum Gasteiger partial charge on any atom is -0.439 e. The van der Waals surface area contributed by atoms with E-state index in [1.807, 2.05) is 0 Å². The van der Waals surface area contributed by atoms with E-state index in [0.29, 0.717) is 11.6 Å². The van der Waals surface area contributed by atoms with Crippen molar-refractivity contribution in [1.82, 2.24) is 14.9 Å². The highest BCUT2D eigenvalue weighted by molar-refractivity contribution is 6.30. The Labute approximate surface area is 133 Å². The summed E-state index contributed by atoms with van der Waals surface area (Å²) in [6.45, 7) is 3.81. The summed E-state index contributed by atoms with van der Waals surface area (Å²) in [5.41, 5.74) is 0. The van der Waals surface area contributed by atoms with Crippen LogP contribution in [0.25, 0.3) is 0 Å². The van der Waals surface area contributed by atoms with Gasteiger partial charge in [-0.2, -0.15) is 0 Å². The van der Waals surface area contributed by atoms with Crippen molar-refractivity contribution in [2.24, 2.45) is 0 Å². The van der Waals surface area contributed by atoms with E-state index in [1.54, 1.807) is 6.07 Å². The number of likely N-dealkylation sites (N-methyl/N-ethyl adjacent to an activating group) is 1. The fraction of sp³-hybridized carbons (Fsp3) is 0.333. The van der Waals surface area contributed by atoms with Crippen molar-refractivity contribution in [2.75, 3.05) is 38.1 Å². The summed E-state index contributed by atoms with van der Waals surface area (Å²) >= 11 is 5.75. The lowest BCUT2D eigenvalue weighted by Gasteiger charge is -2.33. The maximum Gasteiger partial charge on any atom is 0.224 e. The Bertz CT molecular complexity index is 662. The molecule has 22 heavy (non-hydrogen) atoms. The zero-order valence-electron chi connectivity index (χ0n) is 12.2. The first kappa shape index (κ1) is 15.0. The smallest absolute Gasteiger partial charge is 0.224 e. The summed E-state index contributed by atoms with van der Waals surface area (Å²) in [6.07, 6.45) is 1.47. The molecule has 0 spiro atoms. The predicted molar refractivity (Wildman–Crippen MR) is 83.2 cm³/mol. The monoisotopic (exact) mass is 322 g/mol. The zero-order valence-corrected chi connectivity index (χ0v) is 12.9. The van der Waals surface area contributed by atoms with Crippen LogP contribution in [0.5, 0.6) is 11.6 Å². The summed E-state index contributed by atoms with van der Waals surface area (Å²) in [7, 11) is 2.10. The highest BCUT2D eigenvalue weighted by Crippen LogP contribution is 2.26. The number of piperazine rings is 1. The topological polar surface area (TPSA) is 41.5 Å². The molecule has 0 amide bonds. The number of hydrogen-bond donors (Lipinski definition) is 0. The first-order valence-electron chi connectivity index (χ1n) is 7.00. The maximum absolute atomic E-state index is 13.2. The van der Waals surface area contributed by atoms with Gasteiger partial charge in [-0.1, -0.05) is 11.6 Å². The second-order valence-corrected chi connectivity index (χ2v) is 5.59. The van der Waals surface area contributed by atoms with Gasteiger partial charge in [0.1, 0.15) is 23.7 Å². The lowest BCUT2D eigenvalue weighted by molar-refractivity contribution is 0.312. The molecule has 0 aliphatic carbocycles. The van der Waals surface area contributed by atoms with Crippen LogP contribution in [0, 0.1) is 5.82 Å². The Hall–Kier alpha value is -1.92. The first-order chi connectivity index (χ1) is 10.6. The summed E-state index contributed by atoms with van der Waals surface area (Å²) in [5, 5.41) is 0.0193. The van der Waals surface area contributed by atoms with Crippen LogP contribution in [0.3, 0.4) is 0 Å². The summed E-state index contributed by atoms with van der Waals surface area (Å²) < 4.78 is 18.8. The molecular weight excluding hydrogens is 307 g/mol. The number of rotatable bonds is 3. The normalized spacial score (nSPS) is 15.9. The molecule has 1 aromatic carbocycles. The Morgan fingerprint density at radius 1 is 1.14 bits per heavy atom. The van der Waals surface area contributed by atoms with Crippen molar-refractivity contribution >= 4 is 17.4 Å². The molecule has 0 unspecified atom stereocenters. The Morgan fingerprint density at radius 2 is 1.91 bits per heavy atom. The van der Waals surface area contributed by atoms with Gasteiger partial charge in [0.25, 0.3) is 0 Å². The van der Waals surface area contributed by atoms with Gasteiger partial charge in [-0.05, 0) is 19.2 Å². The van der Waals surface area contributed by atoms with E-state index in [0.717, 1.165) is 32.0 Å². The van der Waals surface area contributed by atoms with Crippen LogP contribution in [0.4, 0.5) is 10.2 Å². The van der Waals surface area contributed by atoms with E-state index in [1.165, 1.54) is 24.5 Å². The van der Waals surface area contributed by atoms with Gasteiger partial charge >= 0.3 is 0 Å². The summed E-state index contributed by atoms with van der Waals surface area (Å²) in [5.74, 6) is 1.20. The molecule has 0 bridgehead atoms. The van der Waals surface area contributed by atoms with Crippen LogP contribution in [0.2, 0.25) is 5.02 Å². The molecule has 0 saturated carbocycles. The van der Waals surface area contributed by atoms with Crippen LogP contribution in [0.1, 0.15) is 0 Å². The summed E-state index contributed by atoms with van der Waals surface area (Å²) in [6, 6.07) is 5.98. The lowest BCUT2D eigenvalue weighted by Crippen LogP contribution is -2.44. The fourth-order valence-corrected chi connectivity index (χ4v) is 2.43. The van der Waals surface area contributed by atoms with Gasteiger partial charge < -0.3 is 14.5 Å². The van der Waals surface area contributed by atoms with Crippen molar-refractivity contribution in [3.63, 3.8) is 0 Å². The largest absolute Gasteiger partial charge is 0.439 e. The maximum atomic E-state index is 13.2. The molecule has 0 N–H and O–H groups in total. The Kier molecular flexibility index (Phi) is 4.40. The quantitative estimate of drug-likeness (QED) is 0.869. The van der Waals surface area contributed by atoms with Crippen molar-refractivity contribution < 1.29 is 9.13 Å². The predicted octanol–water partition coefficient (Wildman–Crippen LogP) is 2.81. The molecule has 5 nitrogen and oxygen atoms in total. The van der Waals surface area contributed by atoms with E-state index in [-0.39, 0.29) is 5.02 Å². The van der Waals surface area contributed by atoms with Gasteiger partial charge in [0, 0.05) is 38.3 Å². The van der Waals surface area contributed by atoms with Gasteiger partial charge in [-0.15, -0.1) is 0 Å². The molecule has 2 aromatic rings. The van der Waals surface area contributed by atoms with Crippen LogP contribution < -0.4 is 9.64 Å². The lowest BCUT2D eigenvalue weighted by atomic mass is 10.3. The highest BCUT2D eigenvalue weighted by atomic mass is 35.5. The molecule has 2 heterocycles. The molecule has 1 aliphatic rings.